The van der Waals surface area contributed by atoms with E-state index in [4.69, 9.17) is 17.0 Å². The Kier molecular flexibility index (Phi) is 6.79. The van der Waals surface area contributed by atoms with Crippen LogP contribution in [0.3, 0.4) is 0 Å². The number of rotatable bonds is 5. The van der Waals surface area contributed by atoms with Crippen LogP contribution in [-0.2, 0) is 4.74 Å². The zero-order chi connectivity index (χ0) is 7.82. The number of likely N-dealkylation sites (N-methyl/N-ethyl adjacent to an activating group) is 1. The van der Waals surface area contributed by atoms with Gasteiger partial charge in [-0.05, 0) is 7.05 Å². The molecule has 0 unspecified atom stereocenters. The Bertz CT molecular complexity index is 97.7. The highest BCUT2D eigenvalue weighted by atomic mass is 32.1. The van der Waals surface area contributed by atoms with Crippen LogP contribution < -0.4 is 10.6 Å². The van der Waals surface area contributed by atoms with Crippen molar-refractivity contribution in [3.63, 3.8) is 0 Å². The normalized spacial score (nSPS) is 9.40. The van der Waals surface area contributed by atoms with E-state index in [0.29, 0.717) is 6.61 Å². The summed E-state index contributed by atoms with van der Waals surface area (Å²) >= 11 is 4.94. The van der Waals surface area contributed by atoms with Crippen molar-refractivity contribution < 1.29 is 4.74 Å². The van der Waals surface area contributed by atoms with Gasteiger partial charge in [-0.2, -0.15) is 0 Å². The molecule has 0 aromatic carbocycles. The number of hydrogen-bond donors (Lipinski definition) is 2. The average molecular weight is 162 g/mol. The van der Waals surface area contributed by atoms with Gasteiger partial charge in [0.1, 0.15) is 0 Å². The number of hydrogen-bond acceptors (Lipinski definition) is 3. The van der Waals surface area contributed by atoms with E-state index < -0.39 is 0 Å². The first-order chi connectivity index (χ1) is 4.81. The summed E-state index contributed by atoms with van der Waals surface area (Å²) in [5.74, 6) is 0. The molecule has 0 aliphatic carbocycles. The molecule has 0 radical (unpaired) electrons. The summed E-state index contributed by atoms with van der Waals surface area (Å²) in [4.78, 5) is 0.833. The van der Waals surface area contributed by atoms with Crippen molar-refractivity contribution in [1.82, 2.24) is 10.6 Å². The van der Waals surface area contributed by atoms with Crippen molar-refractivity contribution in [1.29, 1.82) is 0 Å². The molecule has 0 aliphatic rings. The van der Waals surface area contributed by atoms with Gasteiger partial charge in [-0.25, -0.2) is 0 Å². The summed E-state index contributed by atoms with van der Waals surface area (Å²) in [6.07, 6.45) is 0. The Morgan fingerprint density at radius 1 is 1.60 bits per heavy atom. The molecule has 0 rings (SSSR count). The topological polar surface area (TPSA) is 33.3 Å². The molecule has 0 atom stereocenters. The second-order valence-corrected chi connectivity index (χ2v) is 2.37. The van der Waals surface area contributed by atoms with E-state index in [1.807, 2.05) is 7.05 Å². The molecule has 0 aromatic rings. The van der Waals surface area contributed by atoms with Crippen LogP contribution in [0.4, 0.5) is 0 Å². The summed E-state index contributed by atoms with van der Waals surface area (Å²) in [6.45, 7) is 2.22. The van der Waals surface area contributed by atoms with Crippen LogP contribution in [0.1, 0.15) is 0 Å². The Labute approximate surface area is 67.1 Å². The Hall–Kier alpha value is -0.190. The molecule has 0 bridgehead atoms. The number of ether oxygens (including phenoxy) is 1. The van der Waals surface area contributed by atoms with Crippen molar-refractivity contribution in [2.75, 3.05) is 33.9 Å². The average Bonchev–Trinajstić information content (AvgIpc) is 1.89. The van der Waals surface area contributed by atoms with Crippen molar-refractivity contribution in [2.24, 2.45) is 0 Å². The highest BCUT2D eigenvalue weighted by Gasteiger charge is 1.90. The zero-order valence-electron chi connectivity index (χ0n) is 6.44. The van der Waals surface area contributed by atoms with Crippen molar-refractivity contribution in [2.45, 2.75) is 0 Å². The highest BCUT2D eigenvalue weighted by Crippen LogP contribution is 1.69. The quantitative estimate of drug-likeness (QED) is 0.432. The second kappa shape index (κ2) is 6.92. The summed E-state index contributed by atoms with van der Waals surface area (Å²) in [7, 11) is 3.53. The fraction of sp³-hybridized carbons (Fsp3) is 0.833. The van der Waals surface area contributed by atoms with Crippen LogP contribution in [0.5, 0.6) is 0 Å². The van der Waals surface area contributed by atoms with Crippen LogP contribution >= 0.6 is 12.2 Å². The van der Waals surface area contributed by atoms with E-state index in [2.05, 4.69) is 10.6 Å². The first-order valence-electron chi connectivity index (χ1n) is 3.21. The summed E-state index contributed by atoms with van der Waals surface area (Å²) in [5, 5.41) is 5.98. The third kappa shape index (κ3) is 5.94. The molecule has 3 nitrogen and oxygen atoms in total. The lowest BCUT2D eigenvalue weighted by molar-refractivity contribution is 0.204. The molecule has 10 heavy (non-hydrogen) atoms. The molecule has 2 N–H and O–H groups in total. The molecule has 0 saturated carbocycles. The molecular weight excluding hydrogens is 148 g/mol. The van der Waals surface area contributed by atoms with Crippen LogP contribution in [0.2, 0.25) is 0 Å². The summed E-state index contributed by atoms with van der Waals surface area (Å²) < 4.78 is 4.83. The number of thiocarbonyl (C=S) groups is 1. The molecule has 0 spiro atoms. The predicted octanol–water partition coefficient (Wildman–Crippen LogP) is -0.231. The highest BCUT2D eigenvalue weighted by molar-refractivity contribution is 7.80. The lowest BCUT2D eigenvalue weighted by Gasteiger charge is -2.05. The molecule has 0 aliphatic heterocycles. The van der Waals surface area contributed by atoms with Crippen LogP contribution in [0.25, 0.3) is 0 Å². The maximum absolute atomic E-state index is 4.94. The smallest absolute Gasteiger partial charge is 0.0894 e. The maximum Gasteiger partial charge on any atom is 0.0894 e. The van der Waals surface area contributed by atoms with Gasteiger partial charge in [-0.3, -0.25) is 0 Å². The summed E-state index contributed by atoms with van der Waals surface area (Å²) in [5.41, 5.74) is 0. The van der Waals surface area contributed by atoms with Gasteiger partial charge in [0.25, 0.3) is 0 Å². The van der Waals surface area contributed by atoms with E-state index in [1.54, 1.807) is 7.11 Å². The van der Waals surface area contributed by atoms with E-state index in [9.17, 15) is 0 Å². The Balaban J connectivity index is 3.05. The van der Waals surface area contributed by atoms with Gasteiger partial charge in [0.15, 0.2) is 0 Å². The zero-order valence-corrected chi connectivity index (χ0v) is 7.25. The standard InChI is InChI=1S/C6H14N2OS/c1-7-5-6(10)8-3-4-9-2/h7H,3-5H2,1-2H3,(H,8,10). The van der Waals surface area contributed by atoms with E-state index >= 15 is 0 Å². The lowest BCUT2D eigenvalue weighted by atomic mass is 10.6. The number of methoxy groups -OCH3 is 1. The van der Waals surface area contributed by atoms with Crippen LogP contribution in [0.15, 0.2) is 0 Å². The summed E-state index contributed by atoms with van der Waals surface area (Å²) in [6, 6.07) is 0. The third-order valence-electron chi connectivity index (χ3n) is 0.966. The fourth-order valence-corrected chi connectivity index (χ4v) is 0.762. The van der Waals surface area contributed by atoms with Gasteiger partial charge in [-0.1, -0.05) is 12.2 Å². The van der Waals surface area contributed by atoms with Crippen LogP contribution in [0, 0.1) is 0 Å². The van der Waals surface area contributed by atoms with Gasteiger partial charge in [0.05, 0.1) is 11.6 Å². The first kappa shape index (κ1) is 9.81. The minimum Gasteiger partial charge on any atom is -0.383 e. The van der Waals surface area contributed by atoms with E-state index in [1.165, 1.54) is 0 Å². The fourth-order valence-electron chi connectivity index (χ4n) is 0.516. The van der Waals surface area contributed by atoms with Gasteiger partial charge < -0.3 is 15.4 Å². The Morgan fingerprint density at radius 2 is 2.30 bits per heavy atom. The lowest BCUT2D eigenvalue weighted by Crippen LogP contribution is -2.32. The van der Waals surface area contributed by atoms with Gasteiger partial charge in [0.2, 0.25) is 0 Å². The first-order valence-corrected chi connectivity index (χ1v) is 3.62. The monoisotopic (exact) mass is 162 g/mol. The second-order valence-electron chi connectivity index (χ2n) is 1.87. The number of nitrogens with one attached hydrogen (secondary N) is 2. The Morgan fingerprint density at radius 3 is 2.80 bits per heavy atom. The van der Waals surface area contributed by atoms with Gasteiger partial charge in [-0.15, -0.1) is 0 Å². The van der Waals surface area contributed by atoms with Gasteiger partial charge in [0, 0.05) is 20.2 Å². The van der Waals surface area contributed by atoms with Gasteiger partial charge >= 0.3 is 0 Å². The molecule has 0 heterocycles. The molecule has 4 heteroatoms. The van der Waals surface area contributed by atoms with Crippen LogP contribution in [-0.4, -0.2) is 38.8 Å². The van der Waals surface area contributed by atoms with E-state index in [-0.39, 0.29) is 0 Å². The molecule has 0 fully saturated rings. The minimum atomic E-state index is 0.698. The predicted molar refractivity (Wildman–Crippen MR) is 46.4 cm³/mol. The molecule has 0 amide bonds. The molecule has 0 aromatic heterocycles. The largest absolute Gasteiger partial charge is 0.383 e. The molecule has 0 saturated heterocycles. The van der Waals surface area contributed by atoms with Crippen molar-refractivity contribution >= 4 is 17.2 Å². The third-order valence-corrected chi connectivity index (χ3v) is 1.25. The van der Waals surface area contributed by atoms with Crippen molar-refractivity contribution in [3.05, 3.63) is 0 Å². The van der Waals surface area contributed by atoms with E-state index in [0.717, 1.165) is 18.1 Å². The minimum absolute atomic E-state index is 0.698. The maximum atomic E-state index is 4.94. The SMILES string of the molecule is CNCC(=S)NCCOC. The molecular formula is C6H14N2OS. The van der Waals surface area contributed by atoms with Crippen molar-refractivity contribution in [3.8, 4) is 0 Å². The molecule has 60 valence electrons.